The molecule has 3 aromatic rings. The van der Waals surface area contributed by atoms with Crippen molar-refractivity contribution >= 4 is 29.4 Å². The van der Waals surface area contributed by atoms with E-state index in [2.05, 4.69) is 20.3 Å². The minimum Gasteiger partial charge on any atom is -0.391 e. The number of aromatic nitrogens is 4. The Morgan fingerprint density at radius 2 is 1.94 bits per heavy atom. The first-order chi connectivity index (χ1) is 14.8. The molecule has 2 aromatic heterocycles. The third kappa shape index (κ3) is 4.33. The minimum atomic E-state index is -0.684. The van der Waals surface area contributed by atoms with Crippen LogP contribution in [0.3, 0.4) is 0 Å². The fraction of sp³-hybridized carbons (Fsp3) is 0.333. The number of nitrogens with zero attached hydrogens (tertiary/aromatic N) is 6. The lowest BCUT2D eigenvalue weighted by Crippen LogP contribution is -2.41. The summed E-state index contributed by atoms with van der Waals surface area (Å²) < 4.78 is 1.91. The van der Waals surface area contributed by atoms with Gasteiger partial charge in [-0.2, -0.15) is 4.98 Å². The molecular formula is C21H24ClN7O2. The summed E-state index contributed by atoms with van der Waals surface area (Å²) in [5, 5.41) is 14.0. The van der Waals surface area contributed by atoms with E-state index in [0.717, 1.165) is 11.4 Å². The molecule has 2 amide bonds. The summed E-state index contributed by atoms with van der Waals surface area (Å²) in [6.45, 7) is 4.06. The molecule has 0 saturated carbocycles. The zero-order valence-corrected chi connectivity index (χ0v) is 18.2. The SMILES string of the molecule is C[C@H](Nc1nccc(N2C(=O)N(C)CC2[C@@H](C)O)n1)c1cn(-c2ccc(Cl)cc2)cn1. The third-order valence-corrected chi connectivity index (χ3v) is 5.54. The first-order valence-corrected chi connectivity index (χ1v) is 10.3. The normalized spacial score (nSPS) is 18.4. The molecule has 1 fully saturated rings. The third-order valence-electron chi connectivity index (χ3n) is 5.29. The zero-order valence-electron chi connectivity index (χ0n) is 17.5. The summed E-state index contributed by atoms with van der Waals surface area (Å²) >= 11 is 5.96. The number of nitrogens with one attached hydrogen (secondary N) is 1. The summed E-state index contributed by atoms with van der Waals surface area (Å²) in [6.07, 6.45) is 4.57. The predicted molar refractivity (Wildman–Crippen MR) is 119 cm³/mol. The van der Waals surface area contributed by atoms with Crippen LogP contribution in [-0.4, -0.2) is 61.3 Å². The van der Waals surface area contributed by atoms with Gasteiger partial charge in [-0.3, -0.25) is 4.90 Å². The van der Waals surface area contributed by atoms with Gasteiger partial charge in [-0.25, -0.2) is 14.8 Å². The second-order valence-corrected chi connectivity index (χ2v) is 8.06. The van der Waals surface area contributed by atoms with Gasteiger partial charge in [0, 0.05) is 36.7 Å². The molecule has 1 aliphatic heterocycles. The molecule has 31 heavy (non-hydrogen) atoms. The minimum absolute atomic E-state index is 0.173. The first-order valence-electron chi connectivity index (χ1n) is 9.95. The lowest BCUT2D eigenvalue weighted by atomic mass is 10.2. The van der Waals surface area contributed by atoms with E-state index in [1.807, 2.05) is 42.0 Å². The molecule has 9 nitrogen and oxygen atoms in total. The predicted octanol–water partition coefficient (Wildman–Crippen LogP) is 3.11. The van der Waals surface area contributed by atoms with Crippen molar-refractivity contribution in [2.75, 3.05) is 23.8 Å². The smallest absolute Gasteiger partial charge is 0.325 e. The van der Waals surface area contributed by atoms with Crippen LogP contribution in [0.5, 0.6) is 0 Å². The van der Waals surface area contributed by atoms with Gasteiger partial charge in [-0.15, -0.1) is 0 Å². The number of anilines is 2. The highest BCUT2D eigenvalue weighted by molar-refractivity contribution is 6.30. The van der Waals surface area contributed by atoms with Crippen molar-refractivity contribution in [2.24, 2.45) is 0 Å². The van der Waals surface area contributed by atoms with Crippen molar-refractivity contribution in [1.82, 2.24) is 24.4 Å². The number of halogens is 1. The van der Waals surface area contributed by atoms with Gasteiger partial charge in [0.15, 0.2) is 0 Å². The van der Waals surface area contributed by atoms with Crippen LogP contribution in [0.1, 0.15) is 25.6 Å². The number of aliphatic hydroxyl groups excluding tert-OH is 1. The number of carbonyl (C=O) groups excluding carboxylic acids is 1. The van der Waals surface area contributed by atoms with E-state index >= 15 is 0 Å². The number of amides is 2. The van der Waals surface area contributed by atoms with Crippen molar-refractivity contribution in [2.45, 2.75) is 32.0 Å². The molecule has 1 saturated heterocycles. The molecule has 1 aromatic carbocycles. The van der Waals surface area contributed by atoms with Crippen LogP contribution >= 0.6 is 11.6 Å². The highest BCUT2D eigenvalue weighted by Crippen LogP contribution is 2.26. The number of likely N-dealkylation sites (N-methyl/N-ethyl adjacent to an activating group) is 1. The fourth-order valence-corrected chi connectivity index (χ4v) is 3.66. The second kappa shape index (κ2) is 8.52. The van der Waals surface area contributed by atoms with Crippen LogP contribution in [0, 0.1) is 0 Å². The zero-order chi connectivity index (χ0) is 22.1. The number of rotatable bonds is 6. The van der Waals surface area contributed by atoms with Gasteiger partial charge in [-0.05, 0) is 44.2 Å². The monoisotopic (exact) mass is 441 g/mol. The number of aliphatic hydroxyl groups is 1. The molecule has 4 rings (SSSR count). The van der Waals surface area contributed by atoms with Crippen LogP contribution in [0.15, 0.2) is 49.1 Å². The van der Waals surface area contributed by atoms with Crippen LogP contribution in [-0.2, 0) is 0 Å². The Hall–Kier alpha value is -3.17. The number of benzene rings is 1. The number of urea groups is 1. The van der Waals surface area contributed by atoms with E-state index < -0.39 is 6.10 Å². The molecule has 162 valence electrons. The Labute approximate surface area is 185 Å². The van der Waals surface area contributed by atoms with Crippen molar-refractivity contribution in [3.05, 3.63) is 59.8 Å². The molecule has 0 radical (unpaired) electrons. The quantitative estimate of drug-likeness (QED) is 0.609. The van der Waals surface area contributed by atoms with Gasteiger partial charge in [0.2, 0.25) is 5.95 Å². The largest absolute Gasteiger partial charge is 0.391 e. The maximum Gasteiger partial charge on any atom is 0.325 e. The van der Waals surface area contributed by atoms with Crippen LogP contribution in [0.25, 0.3) is 5.69 Å². The fourth-order valence-electron chi connectivity index (χ4n) is 3.54. The molecule has 10 heteroatoms. The van der Waals surface area contributed by atoms with Gasteiger partial charge in [0.25, 0.3) is 0 Å². The molecular weight excluding hydrogens is 418 g/mol. The standard InChI is InChI=1S/C21H24ClN7O2/c1-13(17-10-28(12-24-17)16-6-4-15(22)5-7-16)25-20-23-9-8-19(26-20)29-18(14(2)30)11-27(3)21(29)31/h4-10,12-14,18,30H,11H2,1-3H3,(H,23,25,26)/t13-,14+,18?/m0/s1. The molecule has 1 aliphatic rings. The Kier molecular flexibility index (Phi) is 5.79. The summed E-state index contributed by atoms with van der Waals surface area (Å²) in [5.74, 6) is 0.814. The Morgan fingerprint density at radius 1 is 1.19 bits per heavy atom. The first kappa shape index (κ1) is 21.1. The number of carbonyl (C=O) groups is 1. The average molecular weight is 442 g/mol. The molecule has 3 atom stereocenters. The highest BCUT2D eigenvalue weighted by Gasteiger charge is 2.39. The lowest BCUT2D eigenvalue weighted by Gasteiger charge is -2.24. The molecule has 0 bridgehead atoms. The van der Waals surface area contributed by atoms with Gasteiger partial charge in [0.05, 0.1) is 30.2 Å². The van der Waals surface area contributed by atoms with E-state index in [9.17, 15) is 9.90 Å². The Morgan fingerprint density at radius 3 is 2.65 bits per heavy atom. The van der Waals surface area contributed by atoms with Crippen molar-refractivity contribution in [3.8, 4) is 5.69 Å². The van der Waals surface area contributed by atoms with Crippen molar-refractivity contribution in [3.63, 3.8) is 0 Å². The average Bonchev–Trinajstić information content (AvgIpc) is 3.34. The van der Waals surface area contributed by atoms with Gasteiger partial charge in [0.1, 0.15) is 5.82 Å². The van der Waals surface area contributed by atoms with Crippen LogP contribution in [0.2, 0.25) is 5.02 Å². The maximum atomic E-state index is 12.6. The topological polar surface area (TPSA) is 99.4 Å². The van der Waals surface area contributed by atoms with Gasteiger partial charge in [-0.1, -0.05) is 11.6 Å². The van der Waals surface area contributed by atoms with Crippen LogP contribution in [0.4, 0.5) is 16.6 Å². The summed E-state index contributed by atoms with van der Waals surface area (Å²) in [4.78, 5) is 28.9. The van der Waals surface area contributed by atoms with Crippen molar-refractivity contribution in [1.29, 1.82) is 0 Å². The van der Waals surface area contributed by atoms with E-state index in [0.29, 0.717) is 23.3 Å². The Balaban J connectivity index is 1.51. The molecule has 3 heterocycles. The summed E-state index contributed by atoms with van der Waals surface area (Å²) in [5.41, 5.74) is 1.76. The summed E-state index contributed by atoms with van der Waals surface area (Å²) in [7, 11) is 1.71. The lowest BCUT2D eigenvalue weighted by molar-refractivity contribution is 0.164. The highest BCUT2D eigenvalue weighted by atomic mass is 35.5. The number of hydrogen-bond acceptors (Lipinski definition) is 6. The number of imidazole rings is 1. The molecule has 0 aliphatic carbocycles. The van der Waals surface area contributed by atoms with E-state index in [4.69, 9.17) is 11.6 Å². The molecule has 2 N–H and O–H groups in total. The second-order valence-electron chi connectivity index (χ2n) is 7.63. The number of hydrogen-bond donors (Lipinski definition) is 2. The Bertz CT molecular complexity index is 1070. The van der Waals surface area contributed by atoms with E-state index in [1.54, 1.807) is 37.5 Å². The molecule has 1 unspecified atom stereocenters. The van der Waals surface area contributed by atoms with E-state index in [1.165, 1.54) is 4.90 Å². The maximum absolute atomic E-state index is 12.6. The van der Waals surface area contributed by atoms with Crippen molar-refractivity contribution < 1.29 is 9.90 Å². The van der Waals surface area contributed by atoms with Crippen LogP contribution < -0.4 is 10.2 Å². The van der Waals surface area contributed by atoms with Gasteiger partial charge >= 0.3 is 6.03 Å². The van der Waals surface area contributed by atoms with E-state index in [-0.39, 0.29) is 18.1 Å². The van der Waals surface area contributed by atoms with Gasteiger partial charge < -0.3 is 19.9 Å². The molecule has 0 spiro atoms. The summed E-state index contributed by atoms with van der Waals surface area (Å²) in [6, 6.07) is 8.41.